The molecule has 1 aromatic carbocycles. The standard InChI is InChI=1S/C12H21N2.H2O4S/c1-4-14(5-2,6-3)12-9-7-8-11(13)10-12;1-5(2,3)4/h7-10H,4-6,13H2,1-3H3;(H2,1,2,3,4)/q+1;. The maximum absolute atomic E-state index is 8.74. The van der Waals surface area contributed by atoms with E-state index in [0.717, 1.165) is 29.8 Å². The topological polar surface area (TPSA) is 101 Å². The van der Waals surface area contributed by atoms with Crippen LogP contribution >= 0.6 is 0 Å². The lowest BCUT2D eigenvalue weighted by atomic mass is 10.2. The normalized spacial score (nSPS) is 11.6. The fraction of sp³-hybridized carbons (Fsp3) is 0.500. The Hall–Kier alpha value is -1.15. The Morgan fingerprint density at radius 1 is 1.11 bits per heavy atom. The molecule has 0 saturated carbocycles. The zero-order chi connectivity index (χ0) is 15.1. The number of nitrogens with zero attached hydrogens (tertiary/aromatic N) is 1. The van der Waals surface area contributed by atoms with Crippen molar-refractivity contribution in [1.29, 1.82) is 0 Å². The van der Waals surface area contributed by atoms with E-state index < -0.39 is 10.4 Å². The summed E-state index contributed by atoms with van der Waals surface area (Å²) < 4.78 is 32.6. The van der Waals surface area contributed by atoms with Crippen molar-refractivity contribution in [3.8, 4) is 0 Å². The average molecular weight is 291 g/mol. The predicted octanol–water partition coefficient (Wildman–Crippen LogP) is 1.98. The molecular formula is C12H23N2O4S+. The highest BCUT2D eigenvalue weighted by molar-refractivity contribution is 7.79. The van der Waals surface area contributed by atoms with Gasteiger partial charge in [-0.3, -0.25) is 13.6 Å². The third kappa shape index (κ3) is 6.53. The van der Waals surface area contributed by atoms with Crippen LogP contribution in [0.5, 0.6) is 0 Å². The fourth-order valence-corrected chi connectivity index (χ4v) is 2.04. The monoisotopic (exact) mass is 291 g/mol. The number of nitrogen functional groups attached to an aromatic ring is 1. The second-order valence-corrected chi connectivity index (χ2v) is 5.03. The SMILES string of the molecule is CC[N+](CC)(CC)c1cccc(N)c1.O=S(=O)(O)O. The van der Waals surface area contributed by atoms with Gasteiger partial charge in [0.15, 0.2) is 0 Å². The van der Waals surface area contributed by atoms with E-state index in [1.807, 2.05) is 12.1 Å². The van der Waals surface area contributed by atoms with Crippen LogP contribution in [0, 0.1) is 0 Å². The number of hydrogen-bond donors (Lipinski definition) is 3. The maximum atomic E-state index is 8.74. The van der Waals surface area contributed by atoms with Crippen molar-refractivity contribution in [3.63, 3.8) is 0 Å². The average Bonchev–Trinajstić information content (AvgIpc) is 2.30. The third-order valence-corrected chi connectivity index (χ3v) is 3.23. The van der Waals surface area contributed by atoms with Crippen LogP contribution in [0.15, 0.2) is 24.3 Å². The zero-order valence-corrected chi connectivity index (χ0v) is 12.4. The van der Waals surface area contributed by atoms with Crippen molar-refractivity contribution >= 4 is 21.8 Å². The Morgan fingerprint density at radius 3 is 1.84 bits per heavy atom. The lowest BCUT2D eigenvalue weighted by molar-refractivity contribution is 0.316. The van der Waals surface area contributed by atoms with Crippen LogP contribution in [0.25, 0.3) is 0 Å². The summed E-state index contributed by atoms with van der Waals surface area (Å²) in [5.41, 5.74) is 8.00. The molecule has 0 unspecified atom stereocenters. The van der Waals surface area contributed by atoms with E-state index >= 15 is 0 Å². The van der Waals surface area contributed by atoms with Gasteiger partial charge < -0.3 is 5.73 Å². The van der Waals surface area contributed by atoms with E-state index in [2.05, 4.69) is 32.9 Å². The molecule has 1 rings (SSSR count). The molecule has 0 amide bonds. The van der Waals surface area contributed by atoms with Gasteiger partial charge in [-0.1, -0.05) is 6.07 Å². The van der Waals surface area contributed by atoms with Crippen LogP contribution in [-0.4, -0.2) is 37.2 Å². The summed E-state index contributed by atoms with van der Waals surface area (Å²) in [7, 11) is -4.67. The first-order chi connectivity index (χ1) is 8.68. The molecule has 19 heavy (non-hydrogen) atoms. The lowest BCUT2D eigenvalue weighted by Crippen LogP contribution is -2.48. The molecule has 0 aliphatic heterocycles. The van der Waals surface area contributed by atoms with Crippen molar-refractivity contribution in [1.82, 2.24) is 4.48 Å². The van der Waals surface area contributed by atoms with Gasteiger partial charge in [0.05, 0.1) is 19.6 Å². The summed E-state index contributed by atoms with van der Waals surface area (Å²) in [5.74, 6) is 0. The van der Waals surface area contributed by atoms with Gasteiger partial charge in [0, 0.05) is 11.8 Å². The summed E-state index contributed by atoms with van der Waals surface area (Å²) in [6, 6.07) is 8.25. The molecule has 0 aliphatic rings. The molecule has 0 saturated heterocycles. The van der Waals surface area contributed by atoms with E-state index in [9.17, 15) is 0 Å². The number of nitrogens with two attached hydrogens (primary N) is 1. The number of quaternary nitrogens is 1. The van der Waals surface area contributed by atoms with Gasteiger partial charge in [-0.25, -0.2) is 0 Å². The first kappa shape index (κ1) is 17.8. The predicted molar refractivity (Wildman–Crippen MR) is 78.4 cm³/mol. The van der Waals surface area contributed by atoms with Gasteiger partial charge in [-0.05, 0) is 32.9 Å². The van der Waals surface area contributed by atoms with E-state index in [-0.39, 0.29) is 0 Å². The van der Waals surface area contributed by atoms with Gasteiger partial charge in [0.25, 0.3) is 0 Å². The first-order valence-corrected chi connectivity index (χ1v) is 7.50. The third-order valence-electron chi connectivity index (χ3n) is 3.23. The summed E-state index contributed by atoms with van der Waals surface area (Å²) in [4.78, 5) is 0. The molecule has 110 valence electrons. The smallest absolute Gasteiger partial charge is 0.394 e. The van der Waals surface area contributed by atoms with E-state index in [1.54, 1.807) is 0 Å². The first-order valence-electron chi connectivity index (χ1n) is 6.10. The Bertz CT molecular complexity index is 468. The number of anilines is 1. The molecule has 0 fully saturated rings. The van der Waals surface area contributed by atoms with Crippen LogP contribution in [0.1, 0.15) is 20.8 Å². The van der Waals surface area contributed by atoms with Crippen LogP contribution in [0.4, 0.5) is 11.4 Å². The van der Waals surface area contributed by atoms with Crippen LogP contribution < -0.4 is 10.2 Å². The minimum absolute atomic E-state index is 0.861. The van der Waals surface area contributed by atoms with Gasteiger partial charge in [-0.15, -0.1) is 0 Å². The number of hydrogen-bond acceptors (Lipinski definition) is 3. The summed E-state index contributed by atoms with van der Waals surface area (Å²) in [6.07, 6.45) is 0. The van der Waals surface area contributed by atoms with Gasteiger partial charge in [0.1, 0.15) is 5.69 Å². The molecule has 0 spiro atoms. The Labute approximate surface area is 115 Å². The van der Waals surface area contributed by atoms with Crippen molar-refractivity contribution in [2.45, 2.75) is 20.8 Å². The molecule has 4 N–H and O–H groups in total. The largest absolute Gasteiger partial charge is 0.399 e. The second-order valence-electron chi connectivity index (χ2n) is 4.14. The van der Waals surface area contributed by atoms with Gasteiger partial charge >= 0.3 is 10.4 Å². The fourth-order valence-electron chi connectivity index (χ4n) is 2.04. The Balaban J connectivity index is 0.000000555. The lowest BCUT2D eigenvalue weighted by Gasteiger charge is -2.35. The molecule has 0 aliphatic carbocycles. The van der Waals surface area contributed by atoms with Crippen molar-refractivity contribution in [2.75, 3.05) is 25.4 Å². The molecule has 1 aromatic rings. The zero-order valence-electron chi connectivity index (χ0n) is 11.6. The van der Waals surface area contributed by atoms with Gasteiger partial charge in [0.2, 0.25) is 0 Å². The highest BCUT2D eigenvalue weighted by Crippen LogP contribution is 2.24. The molecule has 6 nitrogen and oxygen atoms in total. The maximum Gasteiger partial charge on any atom is 0.394 e. The van der Waals surface area contributed by atoms with Crippen LogP contribution in [0.3, 0.4) is 0 Å². The van der Waals surface area contributed by atoms with Crippen LogP contribution in [-0.2, 0) is 10.4 Å². The highest BCUT2D eigenvalue weighted by atomic mass is 32.3. The van der Waals surface area contributed by atoms with Crippen molar-refractivity contribution < 1.29 is 17.5 Å². The Morgan fingerprint density at radius 2 is 1.53 bits per heavy atom. The molecule has 7 heteroatoms. The summed E-state index contributed by atoms with van der Waals surface area (Å²) in [6.45, 7) is 10.1. The van der Waals surface area contributed by atoms with Crippen molar-refractivity contribution in [2.24, 2.45) is 0 Å². The molecule has 0 bridgehead atoms. The van der Waals surface area contributed by atoms with Crippen LogP contribution in [0.2, 0.25) is 0 Å². The molecule has 0 aromatic heterocycles. The molecule has 0 atom stereocenters. The van der Waals surface area contributed by atoms with E-state index in [4.69, 9.17) is 23.3 Å². The van der Waals surface area contributed by atoms with E-state index in [1.165, 1.54) is 5.69 Å². The highest BCUT2D eigenvalue weighted by Gasteiger charge is 2.23. The van der Waals surface area contributed by atoms with Crippen molar-refractivity contribution in [3.05, 3.63) is 24.3 Å². The number of rotatable bonds is 4. The Kier molecular flexibility index (Phi) is 6.99. The quantitative estimate of drug-likeness (QED) is 0.447. The van der Waals surface area contributed by atoms with E-state index in [0.29, 0.717) is 0 Å². The summed E-state index contributed by atoms with van der Waals surface area (Å²) >= 11 is 0. The minimum atomic E-state index is -4.67. The minimum Gasteiger partial charge on any atom is -0.399 e. The second kappa shape index (κ2) is 7.44. The molecular weight excluding hydrogens is 268 g/mol. The number of benzene rings is 1. The van der Waals surface area contributed by atoms with Gasteiger partial charge in [-0.2, -0.15) is 8.42 Å². The molecule has 0 radical (unpaired) electrons. The molecule has 0 heterocycles. The summed E-state index contributed by atoms with van der Waals surface area (Å²) in [5, 5.41) is 0.